The number of pyridine rings is 1. The normalized spacial score (nSPS) is 10.1. The molecule has 0 atom stereocenters. The molecule has 0 saturated carbocycles. The van der Waals surface area contributed by atoms with Gasteiger partial charge in [-0.2, -0.15) is 0 Å². The van der Waals surface area contributed by atoms with E-state index in [0.29, 0.717) is 22.8 Å². The topological polar surface area (TPSA) is 54.9 Å². The van der Waals surface area contributed by atoms with Crippen molar-refractivity contribution in [3.05, 3.63) is 40.1 Å². The molecule has 0 aliphatic carbocycles. The van der Waals surface area contributed by atoms with E-state index in [1.165, 1.54) is 11.3 Å². The first-order chi connectivity index (χ1) is 7.79. The quantitative estimate of drug-likeness (QED) is 0.851. The molecule has 2 rings (SSSR count). The van der Waals surface area contributed by atoms with Gasteiger partial charge in [-0.05, 0) is 11.6 Å². The lowest BCUT2D eigenvalue weighted by atomic mass is 10.3. The molecule has 0 aliphatic rings. The third-order valence-electron chi connectivity index (χ3n) is 1.88. The highest BCUT2D eigenvalue weighted by molar-refractivity contribution is 7.17. The van der Waals surface area contributed by atoms with E-state index in [1.807, 2.05) is 12.1 Å². The summed E-state index contributed by atoms with van der Waals surface area (Å²) < 4.78 is 0. The van der Waals surface area contributed by atoms with Crippen molar-refractivity contribution in [3.8, 4) is 0 Å². The van der Waals surface area contributed by atoms with Gasteiger partial charge in [0.25, 0.3) is 0 Å². The lowest BCUT2D eigenvalue weighted by Gasteiger charge is -2.00. The molecule has 2 aromatic heterocycles. The summed E-state index contributed by atoms with van der Waals surface area (Å²) in [5, 5.41) is 3.96. The minimum absolute atomic E-state index is 0.244. The van der Waals surface area contributed by atoms with Crippen molar-refractivity contribution < 1.29 is 4.79 Å². The maximum absolute atomic E-state index is 10.6. The molecule has 4 nitrogen and oxygen atoms in total. The van der Waals surface area contributed by atoms with Gasteiger partial charge in [-0.15, -0.1) is 0 Å². The van der Waals surface area contributed by atoms with Crippen LogP contribution in [0.25, 0.3) is 0 Å². The van der Waals surface area contributed by atoms with Crippen LogP contribution >= 0.6 is 22.9 Å². The van der Waals surface area contributed by atoms with E-state index in [1.54, 1.807) is 12.4 Å². The summed E-state index contributed by atoms with van der Waals surface area (Å²) in [6.07, 6.45) is 4.19. The van der Waals surface area contributed by atoms with Gasteiger partial charge in [0.2, 0.25) is 0 Å². The molecular formula is C10H8ClN3OS. The predicted octanol–water partition coefficient (Wildman–Crippen LogP) is 2.62. The van der Waals surface area contributed by atoms with Crippen LogP contribution in [-0.2, 0) is 6.54 Å². The summed E-state index contributed by atoms with van der Waals surface area (Å²) in [6.45, 7) is 0.607. The molecule has 0 aromatic carbocycles. The first-order valence-corrected chi connectivity index (χ1v) is 5.73. The maximum atomic E-state index is 10.6. The second kappa shape index (κ2) is 5.05. The Hall–Kier alpha value is -1.46. The summed E-state index contributed by atoms with van der Waals surface area (Å²) >= 11 is 6.98. The van der Waals surface area contributed by atoms with Crippen LogP contribution < -0.4 is 5.32 Å². The number of hydrogen-bond acceptors (Lipinski definition) is 5. The molecule has 2 heterocycles. The molecule has 0 unspecified atom stereocenters. The zero-order valence-corrected chi connectivity index (χ0v) is 9.76. The summed E-state index contributed by atoms with van der Waals surface area (Å²) in [6, 6.07) is 3.82. The summed E-state index contributed by atoms with van der Waals surface area (Å²) in [4.78, 5) is 19.0. The molecular weight excluding hydrogens is 246 g/mol. The number of hydrogen-bond donors (Lipinski definition) is 1. The van der Waals surface area contributed by atoms with Crippen LogP contribution in [0.1, 0.15) is 15.2 Å². The van der Waals surface area contributed by atoms with Crippen LogP contribution in [0, 0.1) is 0 Å². The average molecular weight is 254 g/mol. The van der Waals surface area contributed by atoms with E-state index in [4.69, 9.17) is 11.6 Å². The third-order valence-corrected chi connectivity index (χ3v) is 3.22. The number of aldehydes is 1. The molecule has 6 heteroatoms. The van der Waals surface area contributed by atoms with Gasteiger partial charge < -0.3 is 5.32 Å². The van der Waals surface area contributed by atoms with E-state index < -0.39 is 0 Å². The number of halogens is 1. The first kappa shape index (κ1) is 11.0. The zero-order chi connectivity index (χ0) is 11.4. The van der Waals surface area contributed by atoms with Gasteiger partial charge in [-0.3, -0.25) is 9.78 Å². The van der Waals surface area contributed by atoms with Crippen LogP contribution in [0.15, 0.2) is 24.5 Å². The van der Waals surface area contributed by atoms with Crippen LogP contribution in [0.2, 0.25) is 5.15 Å². The smallest absolute Gasteiger partial charge is 0.185 e. The lowest BCUT2D eigenvalue weighted by molar-refractivity contribution is 0.112. The van der Waals surface area contributed by atoms with Gasteiger partial charge in [0.05, 0.1) is 0 Å². The molecule has 82 valence electrons. The highest BCUT2D eigenvalue weighted by atomic mass is 35.5. The largest absolute Gasteiger partial charge is 0.357 e. The van der Waals surface area contributed by atoms with Crippen LogP contribution in [0.3, 0.4) is 0 Å². The van der Waals surface area contributed by atoms with Crippen molar-refractivity contribution in [1.82, 2.24) is 9.97 Å². The summed E-state index contributed by atoms with van der Waals surface area (Å²) in [7, 11) is 0. The number of thiazole rings is 1. The second-order valence-electron chi connectivity index (χ2n) is 3.01. The molecule has 16 heavy (non-hydrogen) atoms. The molecule has 1 N–H and O–H groups in total. The molecule has 0 amide bonds. The Morgan fingerprint density at radius 2 is 2.44 bits per heavy atom. The fourth-order valence-electron chi connectivity index (χ4n) is 1.14. The number of nitrogens with zero attached hydrogens (tertiary/aromatic N) is 2. The SMILES string of the molecule is O=Cc1sc(NCc2cccnc2)nc1Cl. The van der Waals surface area contributed by atoms with Gasteiger partial charge in [-0.1, -0.05) is 29.0 Å². The maximum Gasteiger partial charge on any atom is 0.185 e. The minimum Gasteiger partial charge on any atom is -0.357 e. The van der Waals surface area contributed by atoms with Gasteiger partial charge in [0, 0.05) is 18.9 Å². The van der Waals surface area contributed by atoms with Crippen LogP contribution in [0.4, 0.5) is 5.13 Å². The van der Waals surface area contributed by atoms with Gasteiger partial charge in [-0.25, -0.2) is 4.98 Å². The molecule has 0 aliphatic heterocycles. The standard InChI is InChI=1S/C10H8ClN3OS/c11-9-8(6-15)16-10(14-9)13-5-7-2-1-3-12-4-7/h1-4,6H,5H2,(H,13,14). The fourth-order valence-corrected chi connectivity index (χ4v) is 2.10. The highest BCUT2D eigenvalue weighted by Crippen LogP contribution is 2.25. The average Bonchev–Trinajstić information content (AvgIpc) is 2.69. The Bertz CT molecular complexity index is 486. The van der Waals surface area contributed by atoms with Crippen LogP contribution in [-0.4, -0.2) is 16.3 Å². The Labute approximate surface area is 101 Å². The fraction of sp³-hybridized carbons (Fsp3) is 0.100. The van der Waals surface area contributed by atoms with Crippen molar-refractivity contribution in [2.45, 2.75) is 6.54 Å². The number of rotatable bonds is 4. The number of carbonyl (C=O) groups is 1. The third kappa shape index (κ3) is 2.56. The molecule has 0 bridgehead atoms. The molecule has 0 spiro atoms. The Morgan fingerprint density at radius 1 is 1.56 bits per heavy atom. The molecule has 0 radical (unpaired) electrons. The Balaban J connectivity index is 2.02. The Kier molecular flexibility index (Phi) is 3.48. The first-order valence-electron chi connectivity index (χ1n) is 4.54. The van der Waals surface area contributed by atoms with Crippen molar-refractivity contribution >= 4 is 34.4 Å². The molecule has 2 aromatic rings. The van der Waals surface area contributed by atoms with E-state index in [0.717, 1.165) is 5.56 Å². The van der Waals surface area contributed by atoms with E-state index >= 15 is 0 Å². The van der Waals surface area contributed by atoms with Crippen molar-refractivity contribution in [3.63, 3.8) is 0 Å². The molecule has 0 fully saturated rings. The van der Waals surface area contributed by atoms with E-state index in [-0.39, 0.29) is 5.15 Å². The van der Waals surface area contributed by atoms with Crippen molar-refractivity contribution in [2.24, 2.45) is 0 Å². The highest BCUT2D eigenvalue weighted by Gasteiger charge is 2.07. The van der Waals surface area contributed by atoms with Crippen molar-refractivity contribution in [2.75, 3.05) is 5.32 Å². The van der Waals surface area contributed by atoms with Crippen molar-refractivity contribution in [1.29, 1.82) is 0 Å². The minimum atomic E-state index is 0.244. The predicted molar refractivity (Wildman–Crippen MR) is 64.1 cm³/mol. The number of nitrogens with one attached hydrogen (secondary N) is 1. The monoisotopic (exact) mass is 253 g/mol. The van der Waals surface area contributed by atoms with E-state index in [2.05, 4.69) is 15.3 Å². The molecule has 0 saturated heterocycles. The second-order valence-corrected chi connectivity index (χ2v) is 4.40. The van der Waals surface area contributed by atoms with Gasteiger partial charge in [0.1, 0.15) is 4.88 Å². The van der Waals surface area contributed by atoms with Gasteiger partial charge >= 0.3 is 0 Å². The van der Waals surface area contributed by atoms with Crippen LogP contribution in [0.5, 0.6) is 0 Å². The zero-order valence-electron chi connectivity index (χ0n) is 8.18. The number of carbonyl (C=O) groups excluding carboxylic acids is 1. The summed E-state index contributed by atoms with van der Waals surface area (Å²) in [5.74, 6) is 0. The summed E-state index contributed by atoms with van der Waals surface area (Å²) in [5.41, 5.74) is 1.04. The number of aromatic nitrogens is 2. The number of anilines is 1. The van der Waals surface area contributed by atoms with E-state index in [9.17, 15) is 4.79 Å². The van der Waals surface area contributed by atoms with Gasteiger partial charge in [0.15, 0.2) is 16.6 Å². The lowest BCUT2D eigenvalue weighted by Crippen LogP contribution is -1.98. The Morgan fingerprint density at radius 3 is 3.06 bits per heavy atom.